The van der Waals surface area contributed by atoms with Gasteiger partial charge in [0.05, 0.1) is 24.9 Å². The van der Waals surface area contributed by atoms with Crippen LogP contribution in [-0.2, 0) is 9.47 Å². The maximum absolute atomic E-state index is 12.3. The molecule has 1 amide bonds. The molecule has 2 heterocycles. The summed E-state index contributed by atoms with van der Waals surface area (Å²) in [5.74, 6) is 0.407. The standard InChI is InChI=1S/C15H22N4O3/c1-3-22-15(2)10-12(15)18-13(20)11-4-5-16-14(17-11)19-6-8-21-9-7-19/h4-5,12H,3,6-10H2,1-2H3,(H,18,20)/t12-,15+/m1/s1. The average molecular weight is 306 g/mol. The van der Waals surface area contributed by atoms with Crippen LogP contribution in [0, 0.1) is 0 Å². The highest BCUT2D eigenvalue weighted by Crippen LogP contribution is 2.39. The van der Waals surface area contributed by atoms with E-state index in [-0.39, 0.29) is 17.6 Å². The van der Waals surface area contributed by atoms with Gasteiger partial charge in [0, 0.05) is 32.3 Å². The van der Waals surface area contributed by atoms with E-state index in [0.717, 1.165) is 19.5 Å². The van der Waals surface area contributed by atoms with Crippen LogP contribution in [0.1, 0.15) is 30.8 Å². The number of nitrogens with one attached hydrogen (secondary N) is 1. The van der Waals surface area contributed by atoms with Gasteiger partial charge < -0.3 is 19.7 Å². The van der Waals surface area contributed by atoms with Crippen LogP contribution in [0.15, 0.2) is 12.3 Å². The van der Waals surface area contributed by atoms with Gasteiger partial charge in [-0.3, -0.25) is 4.79 Å². The van der Waals surface area contributed by atoms with Crippen LogP contribution in [-0.4, -0.2) is 60.4 Å². The molecule has 0 unspecified atom stereocenters. The Labute approximate surface area is 130 Å². The summed E-state index contributed by atoms with van der Waals surface area (Å²) in [6, 6.07) is 1.70. The smallest absolute Gasteiger partial charge is 0.270 e. The minimum atomic E-state index is -0.232. The van der Waals surface area contributed by atoms with Crippen LogP contribution in [0.2, 0.25) is 0 Å². The molecule has 7 nitrogen and oxygen atoms in total. The van der Waals surface area contributed by atoms with E-state index in [2.05, 4.69) is 15.3 Å². The van der Waals surface area contributed by atoms with Crippen LogP contribution in [0.3, 0.4) is 0 Å². The Morgan fingerprint density at radius 2 is 2.32 bits per heavy atom. The molecule has 3 rings (SSSR count). The molecule has 120 valence electrons. The summed E-state index contributed by atoms with van der Waals surface area (Å²) in [6.07, 6.45) is 2.47. The molecule has 22 heavy (non-hydrogen) atoms. The number of hydrogen-bond acceptors (Lipinski definition) is 6. The fourth-order valence-corrected chi connectivity index (χ4v) is 2.66. The number of ether oxygens (including phenoxy) is 2. The van der Waals surface area contributed by atoms with Crippen LogP contribution in [0.4, 0.5) is 5.95 Å². The molecule has 2 atom stereocenters. The van der Waals surface area contributed by atoms with E-state index in [1.54, 1.807) is 12.3 Å². The Morgan fingerprint density at radius 1 is 1.55 bits per heavy atom. The third kappa shape index (κ3) is 3.20. The number of carbonyl (C=O) groups excluding carboxylic acids is 1. The van der Waals surface area contributed by atoms with Crippen molar-refractivity contribution in [3.05, 3.63) is 18.0 Å². The number of amides is 1. The summed E-state index contributed by atoms with van der Waals surface area (Å²) >= 11 is 0. The second-order valence-electron chi connectivity index (χ2n) is 5.82. The van der Waals surface area contributed by atoms with Gasteiger partial charge in [-0.25, -0.2) is 9.97 Å². The fraction of sp³-hybridized carbons (Fsp3) is 0.667. The molecule has 0 aromatic carbocycles. The minimum Gasteiger partial charge on any atom is -0.378 e. The van der Waals surface area contributed by atoms with E-state index in [9.17, 15) is 4.79 Å². The molecule has 1 saturated carbocycles. The number of nitrogens with zero attached hydrogens (tertiary/aromatic N) is 3. The molecule has 1 aliphatic heterocycles. The highest BCUT2D eigenvalue weighted by Gasteiger charge is 2.52. The largest absolute Gasteiger partial charge is 0.378 e. The second-order valence-corrected chi connectivity index (χ2v) is 5.82. The molecule has 1 aromatic heterocycles. The monoisotopic (exact) mass is 306 g/mol. The number of morpholine rings is 1. The van der Waals surface area contributed by atoms with E-state index in [4.69, 9.17) is 9.47 Å². The molecular weight excluding hydrogens is 284 g/mol. The van der Waals surface area contributed by atoms with Gasteiger partial charge in [-0.15, -0.1) is 0 Å². The first-order valence-corrected chi connectivity index (χ1v) is 7.73. The molecule has 0 spiro atoms. The van der Waals surface area contributed by atoms with Crippen LogP contribution in [0.5, 0.6) is 0 Å². The predicted octanol–water partition coefficient (Wildman–Crippen LogP) is 0.611. The van der Waals surface area contributed by atoms with E-state index >= 15 is 0 Å². The summed E-state index contributed by atoms with van der Waals surface area (Å²) in [4.78, 5) is 23.0. The molecule has 2 aliphatic rings. The summed E-state index contributed by atoms with van der Waals surface area (Å²) in [5.41, 5.74) is 0.159. The molecular formula is C15H22N4O3. The first kappa shape index (κ1) is 15.2. The quantitative estimate of drug-likeness (QED) is 0.859. The van der Waals surface area contributed by atoms with E-state index in [1.807, 2.05) is 18.7 Å². The zero-order valence-electron chi connectivity index (χ0n) is 13.0. The first-order chi connectivity index (χ1) is 10.6. The molecule has 1 aliphatic carbocycles. The molecule has 7 heteroatoms. The van der Waals surface area contributed by atoms with Gasteiger partial charge in [0.1, 0.15) is 5.69 Å². The van der Waals surface area contributed by atoms with Crippen LogP contribution in [0.25, 0.3) is 0 Å². The number of anilines is 1. The van der Waals surface area contributed by atoms with Gasteiger partial charge in [0.25, 0.3) is 5.91 Å². The summed E-state index contributed by atoms with van der Waals surface area (Å²) in [6.45, 7) is 7.44. The Hall–Kier alpha value is -1.73. The Bertz CT molecular complexity index is 547. The Balaban J connectivity index is 1.63. The Kier molecular flexibility index (Phi) is 4.26. The number of carbonyl (C=O) groups is 1. The third-order valence-electron chi connectivity index (χ3n) is 4.14. The normalized spacial score (nSPS) is 27.5. The van der Waals surface area contributed by atoms with Crippen LogP contribution < -0.4 is 10.2 Å². The zero-order chi connectivity index (χ0) is 15.6. The lowest BCUT2D eigenvalue weighted by molar-refractivity contribution is 0.0470. The van der Waals surface area contributed by atoms with Crippen LogP contribution >= 0.6 is 0 Å². The van der Waals surface area contributed by atoms with Gasteiger partial charge in [-0.1, -0.05) is 0 Å². The van der Waals surface area contributed by atoms with Crippen molar-refractivity contribution in [2.24, 2.45) is 0 Å². The molecule has 1 aromatic rings. The zero-order valence-corrected chi connectivity index (χ0v) is 13.0. The van der Waals surface area contributed by atoms with E-state index < -0.39 is 0 Å². The van der Waals surface area contributed by atoms with Crippen molar-refractivity contribution < 1.29 is 14.3 Å². The fourth-order valence-electron chi connectivity index (χ4n) is 2.66. The van der Waals surface area contributed by atoms with Crippen molar-refractivity contribution >= 4 is 11.9 Å². The summed E-state index contributed by atoms with van der Waals surface area (Å²) < 4.78 is 11.0. The van der Waals surface area contributed by atoms with E-state index in [1.165, 1.54) is 0 Å². The van der Waals surface area contributed by atoms with Gasteiger partial charge in [-0.2, -0.15) is 0 Å². The van der Waals surface area contributed by atoms with Gasteiger partial charge in [-0.05, 0) is 19.9 Å². The van der Waals surface area contributed by atoms with Crippen molar-refractivity contribution in [3.8, 4) is 0 Å². The van der Waals surface area contributed by atoms with Gasteiger partial charge in [0.2, 0.25) is 5.95 Å². The van der Waals surface area contributed by atoms with Crippen molar-refractivity contribution in [1.29, 1.82) is 0 Å². The topological polar surface area (TPSA) is 76.6 Å². The average Bonchev–Trinajstić information content (AvgIpc) is 3.18. The number of aromatic nitrogens is 2. The van der Waals surface area contributed by atoms with Crippen molar-refractivity contribution in [2.75, 3.05) is 37.8 Å². The highest BCUT2D eigenvalue weighted by molar-refractivity contribution is 5.93. The van der Waals surface area contributed by atoms with Crippen molar-refractivity contribution in [3.63, 3.8) is 0 Å². The second kappa shape index (κ2) is 6.18. The summed E-state index contributed by atoms with van der Waals surface area (Å²) in [5, 5.41) is 2.98. The molecule has 1 saturated heterocycles. The minimum absolute atomic E-state index is 0.0572. The highest BCUT2D eigenvalue weighted by atomic mass is 16.5. The Morgan fingerprint density at radius 3 is 3.05 bits per heavy atom. The maximum atomic E-state index is 12.3. The van der Waals surface area contributed by atoms with Crippen molar-refractivity contribution in [1.82, 2.24) is 15.3 Å². The van der Waals surface area contributed by atoms with E-state index in [0.29, 0.717) is 31.5 Å². The summed E-state index contributed by atoms with van der Waals surface area (Å²) in [7, 11) is 0. The van der Waals surface area contributed by atoms with Crippen molar-refractivity contribution in [2.45, 2.75) is 31.9 Å². The van der Waals surface area contributed by atoms with Gasteiger partial charge >= 0.3 is 0 Å². The predicted molar refractivity (Wildman–Crippen MR) is 81.0 cm³/mol. The lowest BCUT2D eigenvalue weighted by atomic mass is 10.3. The molecule has 1 N–H and O–H groups in total. The first-order valence-electron chi connectivity index (χ1n) is 7.73. The molecule has 2 fully saturated rings. The third-order valence-corrected chi connectivity index (χ3v) is 4.14. The van der Waals surface area contributed by atoms with Gasteiger partial charge in [0.15, 0.2) is 0 Å². The number of hydrogen-bond donors (Lipinski definition) is 1. The lowest BCUT2D eigenvalue weighted by Crippen LogP contribution is -2.38. The number of rotatable bonds is 5. The SMILES string of the molecule is CCO[C@@]1(C)C[C@H]1NC(=O)c1ccnc(N2CCOCC2)n1. The maximum Gasteiger partial charge on any atom is 0.270 e. The molecule has 0 bridgehead atoms. The lowest BCUT2D eigenvalue weighted by Gasteiger charge is -2.26. The molecule has 0 radical (unpaired) electrons.